The number of amides is 1. The standard InChI is InChI=1S/C18H19F6N3O2/c1-9(2)3-13(25)16-27-14(8-29-16)15(28)26-7-10-4-11(17(19,20)21)6-12(5-10)18(22,23)24/h4-6,8-9,13H,3,7,25H2,1-2H3,(H,26,28). The average Bonchev–Trinajstić information content (AvgIpc) is 3.07. The molecule has 0 aliphatic carbocycles. The number of oxazole rings is 1. The highest BCUT2D eigenvalue weighted by Gasteiger charge is 2.36. The van der Waals surface area contributed by atoms with Crippen LogP contribution in [0.3, 0.4) is 0 Å². The summed E-state index contributed by atoms with van der Waals surface area (Å²) < 4.78 is 82.4. The summed E-state index contributed by atoms with van der Waals surface area (Å²) in [6.45, 7) is 3.30. The summed E-state index contributed by atoms with van der Waals surface area (Å²) in [4.78, 5) is 16.0. The van der Waals surface area contributed by atoms with Gasteiger partial charge in [0.05, 0.1) is 17.2 Å². The number of nitrogens with one attached hydrogen (secondary N) is 1. The third-order valence-electron chi connectivity index (χ3n) is 3.90. The van der Waals surface area contributed by atoms with Crippen molar-refractivity contribution in [3.05, 3.63) is 52.7 Å². The van der Waals surface area contributed by atoms with E-state index < -0.39 is 42.0 Å². The maximum absolute atomic E-state index is 12.9. The van der Waals surface area contributed by atoms with E-state index in [0.717, 1.165) is 6.26 Å². The quantitative estimate of drug-likeness (QED) is 0.661. The third kappa shape index (κ3) is 6.21. The molecule has 160 valence electrons. The SMILES string of the molecule is CC(C)CC(N)c1nc(C(=O)NCc2cc(C(F)(F)F)cc(C(F)(F)F)c2)co1. The third-order valence-corrected chi connectivity index (χ3v) is 3.90. The van der Waals surface area contributed by atoms with Crippen molar-refractivity contribution < 1.29 is 35.6 Å². The zero-order valence-corrected chi connectivity index (χ0v) is 15.5. The van der Waals surface area contributed by atoms with E-state index in [2.05, 4.69) is 10.3 Å². The number of rotatable bonds is 6. The lowest BCUT2D eigenvalue weighted by Gasteiger charge is -2.14. The predicted octanol–water partition coefficient (Wildman–Crippen LogP) is 4.69. The first-order valence-electron chi connectivity index (χ1n) is 8.55. The van der Waals surface area contributed by atoms with E-state index in [1.165, 1.54) is 0 Å². The van der Waals surface area contributed by atoms with Gasteiger partial charge in [0.1, 0.15) is 6.26 Å². The summed E-state index contributed by atoms with van der Waals surface area (Å²) in [7, 11) is 0. The first-order valence-corrected chi connectivity index (χ1v) is 8.55. The van der Waals surface area contributed by atoms with Crippen molar-refractivity contribution in [3.63, 3.8) is 0 Å². The molecule has 1 heterocycles. The zero-order chi connectivity index (χ0) is 22.0. The van der Waals surface area contributed by atoms with Crippen LogP contribution >= 0.6 is 0 Å². The molecule has 1 aromatic carbocycles. The van der Waals surface area contributed by atoms with Crippen LogP contribution in [0.5, 0.6) is 0 Å². The van der Waals surface area contributed by atoms with Gasteiger partial charge in [-0.2, -0.15) is 26.3 Å². The first kappa shape index (κ1) is 22.7. The molecule has 1 unspecified atom stereocenters. The Balaban J connectivity index is 2.15. The lowest BCUT2D eigenvalue weighted by molar-refractivity contribution is -0.143. The van der Waals surface area contributed by atoms with Crippen molar-refractivity contribution in [1.82, 2.24) is 10.3 Å². The van der Waals surface area contributed by atoms with Crippen LogP contribution in [-0.4, -0.2) is 10.9 Å². The van der Waals surface area contributed by atoms with Gasteiger partial charge in [-0.1, -0.05) is 13.8 Å². The molecule has 0 aliphatic rings. The molecular weight excluding hydrogens is 404 g/mol. The minimum atomic E-state index is -4.96. The van der Waals surface area contributed by atoms with Crippen LogP contribution in [-0.2, 0) is 18.9 Å². The topological polar surface area (TPSA) is 81.1 Å². The Morgan fingerprint density at radius 2 is 1.66 bits per heavy atom. The van der Waals surface area contributed by atoms with Gasteiger partial charge in [-0.3, -0.25) is 4.79 Å². The van der Waals surface area contributed by atoms with Crippen LogP contribution in [0, 0.1) is 5.92 Å². The minimum Gasteiger partial charge on any atom is -0.446 e. The highest BCUT2D eigenvalue weighted by Crippen LogP contribution is 2.36. The molecule has 0 radical (unpaired) electrons. The minimum absolute atomic E-state index is 0.0192. The summed E-state index contributed by atoms with van der Waals surface area (Å²) in [5.74, 6) is -0.456. The van der Waals surface area contributed by atoms with Crippen molar-refractivity contribution in [1.29, 1.82) is 0 Å². The molecule has 2 rings (SSSR count). The highest BCUT2D eigenvalue weighted by molar-refractivity contribution is 5.91. The van der Waals surface area contributed by atoms with Crippen LogP contribution in [0.4, 0.5) is 26.3 Å². The van der Waals surface area contributed by atoms with Gasteiger partial charge in [0.2, 0.25) is 5.89 Å². The van der Waals surface area contributed by atoms with Crippen LogP contribution in [0.15, 0.2) is 28.9 Å². The molecule has 11 heteroatoms. The largest absolute Gasteiger partial charge is 0.446 e. The summed E-state index contributed by atoms with van der Waals surface area (Å²) in [6.07, 6.45) is -8.36. The number of alkyl halides is 6. The predicted molar refractivity (Wildman–Crippen MR) is 90.5 cm³/mol. The molecule has 2 aromatic rings. The van der Waals surface area contributed by atoms with Gasteiger partial charge in [0, 0.05) is 6.54 Å². The second kappa shape index (κ2) is 8.44. The second-order valence-electron chi connectivity index (χ2n) is 6.90. The van der Waals surface area contributed by atoms with E-state index in [4.69, 9.17) is 10.2 Å². The van der Waals surface area contributed by atoms with Crippen molar-refractivity contribution in [2.75, 3.05) is 0 Å². The molecule has 0 bridgehead atoms. The Kier molecular flexibility index (Phi) is 6.61. The normalized spacial score (nSPS) is 13.6. The maximum Gasteiger partial charge on any atom is 0.416 e. The molecule has 5 nitrogen and oxygen atoms in total. The lowest BCUT2D eigenvalue weighted by atomic mass is 10.0. The highest BCUT2D eigenvalue weighted by atomic mass is 19.4. The van der Waals surface area contributed by atoms with E-state index in [1.807, 2.05) is 13.8 Å². The van der Waals surface area contributed by atoms with Crippen molar-refractivity contribution in [2.24, 2.45) is 11.7 Å². The van der Waals surface area contributed by atoms with Gasteiger partial charge in [0.25, 0.3) is 5.91 Å². The van der Waals surface area contributed by atoms with Crippen LogP contribution in [0.2, 0.25) is 0 Å². The zero-order valence-electron chi connectivity index (χ0n) is 15.5. The first-order chi connectivity index (χ1) is 13.3. The molecule has 0 aliphatic heterocycles. The van der Waals surface area contributed by atoms with Gasteiger partial charge in [-0.15, -0.1) is 0 Å². The Bertz CT molecular complexity index is 826. The Labute approximate surface area is 162 Å². The lowest BCUT2D eigenvalue weighted by Crippen LogP contribution is -2.24. The fourth-order valence-corrected chi connectivity index (χ4v) is 2.57. The number of benzene rings is 1. The molecule has 1 amide bonds. The smallest absolute Gasteiger partial charge is 0.416 e. The number of halogens is 6. The van der Waals surface area contributed by atoms with Gasteiger partial charge in [-0.25, -0.2) is 4.98 Å². The number of nitrogens with two attached hydrogens (primary N) is 1. The van der Waals surface area contributed by atoms with Crippen molar-refractivity contribution >= 4 is 5.91 Å². The molecule has 0 saturated carbocycles. The van der Waals surface area contributed by atoms with E-state index in [9.17, 15) is 31.1 Å². The maximum atomic E-state index is 12.9. The number of carbonyl (C=O) groups excluding carboxylic acids is 1. The van der Waals surface area contributed by atoms with Crippen molar-refractivity contribution in [3.8, 4) is 0 Å². The molecule has 0 fully saturated rings. The van der Waals surface area contributed by atoms with E-state index in [1.54, 1.807) is 0 Å². The summed E-state index contributed by atoms with van der Waals surface area (Å²) in [5, 5.41) is 2.23. The van der Waals surface area contributed by atoms with Gasteiger partial charge in [0.15, 0.2) is 5.69 Å². The molecule has 1 atom stereocenters. The van der Waals surface area contributed by atoms with E-state index in [-0.39, 0.29) is 29.1 Å². The average molecular weight is 423 g/mol. The molecule has 3 N–H and O–H groups in total. The Morgan fingerprint density at radius 1 is 1.10 bits per heavy atom. The molecular formula is C18H19F6N3O2. The number of nitrogens with zero attached hydrogens (tertiary/aromatic N) is 1. The molecule has 29 heavy (non-hydrogen) atoms. The monoisotopic (exact) mass is 423 g/mol. The van der Waals surface area contributed by atoms with E-state index >= 15 is 0 Å². The van der Waals surface area contributed by atoms with Crippen molar-refractivity contribution in [2.45, 2.75) is 45.2 Å². The number of hydrogen-bond acceptors (Lipinski definition) is 4. The summed E-state index contributed by atoms with van der Waals surface area (Å²) in [6, 6.07) is 0.560. The number of carbonyl (C=O) groups is 1. The van der Waals surface area contributed by atoms with Crippen LogP contribution in [0.1, 0.15) is 59.4 Å². The fourth-order valence-electron chi connectivity index (χ4n) is 2.57. The number of aromatic nitrogens is 1. The Hall–Kier alpha value is -2.56. The summed E-state index contributed by atoms with van der Waals surface area (Å²) in [5.41, 5.74) is 2.43. The second-order valence-corrected chi connectivity index (χ2v) is 6.90. The van der Waals surface area contributed by atoms with E-state index in [0.29, 0.717) is 18.6 Å². The Morgan fingerprint density at radius 3 is 2.14 bits per heavy atom. The van der Waals surface area contributed by atoms with Crippen LogP contribution in [0.25, 0.3) is 0 Å². The molecule has 0 saturated heterocycles. The number of hydrogen-bond donors (Lipinski definition) is 2. The van der Waals surface area contributed by atoms with Crippen LogP contribution < -0.4 is 11.1 Å². The van der Waals surface area contributed by atoms with Gasteiger partial charge in [-0.05, 0) is 36.1 Å². The van der Waals surface area contributed by atoms with Gasteiger partial charge >= 0.3 is 12.4 Å². The summed E-state index contributed by atoms with van der Waals surface area (Å²) >= 11 is 0. The molecule has 1 aromatic heterocycles. The molecule has 0 spiro atoms. The fraction of sp³-hybridized carbons (Fsp3) is 0.444. The van der Waals surface area contributed by atoms with Gasteiger partial charge < -0.3 is 15.5 Å².